The van der Waals surface area contributed by atoms with Gasteiger partial charge in [-0.1, -0.05) is 48.0 Å². The van der Waals surface area contributed by atoms with E-state index >= 15 is 0 Å². The smallest absolute Gasteiger partial charge is 0.273 e. The van der Waals surface area contributed by atoms with Crippen LogP contribution in [0.2, 0.25) is 5.15 Å². The fourth-order valence-corrected chi connectivity index (χ4v) is 2.96. The Balaban J connectivity index is 1.79. The Morgan fingerprint density at radius 3 is 2.77 bits per heavy atom. The van der Waals surface area contributed by atoms with Crippen molar-refractivity contribution in [1.82, 2.24) is 20.1 Å². The van der Waals surface area contributed by atoms with Crippen LogP contribution in [0.5, 0.6) is 0 Å². The molecule has 1 aliphatic rings. The van der Waals surface area contributed by atoms with Gasteiger partial charge in [-0.25, -0.2) is 15.1 Å². The largest absolute Gasteiger partial charge is 0.338 e. The summed E-state index contributed by atoms with van der Waals surface area (Å²) in [4.78, 5) is 18.9. The number of hydrogen-bond donors (Lipinski definition) is 1. The second-order valence-corrected chi connectivity index (χ2v) is 6.39. The molecule has 8 nitrogen and oxygen atoms in total. The number of halogens is 1. The van der Waals surface area contributed by atoms with Gasteiger partial charge in [-0.05, 0) is 24.1 Å². The van der Waals surface area contributed by atoms with Gasteiger partial charge in [0.15, 0.2) is 5.03 Å². The molecule has 9 heteroatoms. The number of aromatic nitrogens is 1. The number of nitrogens with one attached hydrogen (secondary N) is 1. The number of rotatable bonds is 5. The summed E-state index contributed by atoms with van der Waals surface area (Å²) >= 11 is 5.83. The van der Waals surface area contributed by atoms with Gasteiger partial charge >= 0.3 is 0 Å². The molecule has 136 valence electrons. The molecule has 0 bridgehead atoms. The molecule has 1 saturated heterocycles. The highest BCUT2D eigenvalue weighted by atomic mass is 35.5. The maximum atomic E-state index is 10.9. The Morgan fingerprint density at radius 1 is 1.35 bits per heavy atom. The van der Waals surface area contributed by atoms with Crippen molar-refractivity contribution in [3.63, 3.8) is 0 Å². The molecule has 0 unspecified atom stereocenters. The fourth-order valence-electron chi connectivity index (χ4n) is 2.84. The zero-order valence-corrected chi connectivity index (χ0v) is 15.0. The highest BCUT2D eigenvalue weighted by molar-refractivity contribution is 6.29. The molecule has 2 aromatic rings. The lowest BCUT2D eigenvalue weighted by molar-refractivity contribution is -0.486. The number of hydrogen-bond acceptors (Lipinski definition) is 4. The van der Waals surface area contributed by atoms with Gasteiger partial charge in [0.1, 0.15) is 10.3 Å². The number of nitro groups is 1. The third-order valence-electron chi connectivity index (χ3n) is 4.26. The summed E-state index contributed by atoms with van der Waals surface area (Å²) in [6.07, 6.45) is 1.66. The summed E-state index contributed by atoms with van der Waals surface area (Å²) in [6, 6.07) is 13.8. The standard InChI is InChI=1S/C17H19ClN6O2/c1-13(15-5-3-2-4-6-15)23-11-20-17(21-24(25)26)22(12-23)10-14-7-8-16(18)19-9-14/h2-9,13H,10-12H2,1H3,(H,20,21)/t13-/m1/s1. The molecule has 26 heavy (non-hydrogen) atoms. The van der Waals surface area contributed by atoms with E-state index in [1.165, 1.54) is 5.56 Å². The first kappa shape index (κ1) is 18.1. The molecular weight excluding hydrogens is 356 g/mol. The highest BCUT2D eigenvalue weighted by Crippen LogP contribution is 2.22. The predicted molar refractivity (Wildman–Crippen MR) is 98.8 cm³/mol. The van der Waals surface area contributed by atoms with Crippen molar-refractivity contribution in [3.8, 4) is 0 Å². The third-order valence-corrected chi connectivity index (χ3v) is 4.48. The van der Waals surface area contributed by atoms with Gasteiger partial charge in [0, 0.05) is 18.8 Å². The van der Waals surface area contributed by atoms with Crippen LogP contribution in [0.3, 0.4) is 0 Å². The monoisotopic (exact) mass is 374 g/mol. The average Bonchev–Trinajstić information content (AvgIpc) is 2.65. The van der Waals surface area contributed by atoms with Crippen LogP contribution in [0.25, 0.3) is 0 Å². The van der Waals surface area contributed by atoms with Crippen LogP contribution in [0.4, 0.5) is 0 Å². The van der Waals surface area contributed by atoms with Gasteiger partial charge in [0.25, 0.3) is 5.96 Å². The molecule has 1 aromatic heterocycles. The van der Waals surface area contributed by atoms with Gasteiger partial charge in [0.2, 0.25) is 0 Å². The van der Waals surface area contributed by atoms with E-state index in [2.05, 4.69) is 39.4 Å². The zero-order chi connectivity index (χ0) is 18.5. The SMILES string of the molecule is C[C@H](c1ccccc1)N1CN/C(=N\[N+](=O)[O-])N(Cc2ccc(Cl)nc2)C1. The second kappa shape index (κ2) is 8.11. The van der Waals surface area contributed by atoms with Gasteiger partial charge < -0.3 is 10.2 Å². The number of hydrazone groups is 1. The van der Waals surface area contributed by atoms with E-state index in [4.69, 9.17) is 11.6 Å². The van der Waals surface area contributed by atoms with Crippen LogP contribution < -0.4 is 5.32 Å². The Hall–Kier alpha value is -2.71. The second-order valence-electron chi connectivity index (χ2n) is 6.00. The number of benzene rings is 1. The van der Waals surface area contributed by atoms with E-state index < -0.39 is 5.03 Å². The van der Waals surface area contributed by atoms with E-state index in [0.29, 0.717) is 25.0 Å². The summed E-state index contributed by atoms with van der Waals surface area (Å²) < 4.78 is 0. The first-order valence-electron chi connectivity index (χ1n) is 8.14. The summed E-state index contributed by atoms with van der Waals surface area (Å²) in [5.41, 5.74) is 2.07. The molecular formula is C17H19ClN6O2. The topological polar surface area (TPSA) is 86.9 Å². The summed E-state index contributed by atoms with van der Waals surface area (Å²) in [5, 5.41) is 17.1. The Labute approximate surface area is 156 Å². The molecule has 1 atom stereocenters. The molecule has 2 heterocycles. The van der Waals surface area contributed by atoms with E-state index in [9.17, 15) is 10.1 Å². The van der Waals surface area contributed by atoms with Crippen LogP contribution in [0.15, 0.2) is 53.8 Å². The van der Waals surface area contributed by atoms with E-state index in [-0.39, 0.29) is 12.0 Å². The van der Waals surface area contributed by atoms with Gasteiger partial charge in [-0.2, -0.15) is 0 Å². The first-order chi connectivity index (χ1) is 12.5. The van der Waals surface area contributed by atoms with E-state index in [1.807, 2.05) is 29.2 Å². The third kappa shape index (κ3) is 4.47. The number of pyridine rings is 1. The van der Waals surface area contributed by atoms with Crippen LogP contribution in [-0.2, 0) is 6.54 Å². The maximum absolute atomic E-state index is 10.9. The maximum Gasteiger partial charge on any atom is 0.273 e. The molecule has 3 rings (SSSR count). The molecule has 0 amide bonds. The van der Waals surface area contributed by atoms with Gasteiger partial charge in [-0.15, -0.1) is 0 Å². The highest BCUT2D eigenvalue weighted by Gasteiger charge is 2.28. The quantitative estimate of drug-likeness (QED) is 0.492. The zero-order valence-electron chi connectivity index (χ0n) is 14.2. The normalized spacial score (nSPS) is 17.8. The van der Waals surface area contributed by atoms with Crippen molar-refractivity contribution in [1.29, 1.82) is 0 Å². The van der Waals surface area contributed by atoms with Crippen molar-refractivity contribution in [2.24, 2.45) is 5.10 Å². The molecule has 0 saturated carbocycles. The molecule has 0 aliphatic carbocycles. The summed E-state index contributed by atoms with van der Waals surface area (Å²) in [6.45, 7) is 3.51. The van der Waals surface area contributed by atoms with Gasteiger partial charge in [0.05, 0.1) is 13.3 Å². The van der Waals surface area contributed by atoms with E-state index in [0.717, 1.165) is 5.56 Å². The fraction of sp³-hybridized carbons (Fsp3) is 0.294. The minimum absolute atomic E-state index is 0.145. The molecule has 1 aromatic carbocycles. The van der Waals surface area contributed by atoms with Crippen molar-refractivity contribution >= 4 is 17.6 Å². The number of guanidine groups is 1. The summed E-state index contributed by atoms with van der Waals surface area (Å²) in [5.74, 6) is 0.237. The van der Waals surface area contributed by atoms with Gasteiger partial charge in [-0.3, -0.25) is 4.90 Å². The average molecular weight is 375 g/mol. The van der Waals surface area contributed by atoms with Crippen molar-refractivity contribution in [2.75, 3.05) is 13.3 Å². The lowest BCUT2D eigenvalue weighted by atomic mass is 10.1. The summed E-state index contributed by atoms with van der Waals surface area (Å²) in [7, 11) is 0. The molecule has 0 radical (unpaired) electrons. The Morgan fingerprint density at radius 2 is 2.12 bits per heavy atom. The minimum Gasteiger partial charge on any atom is -0.338 e. The predicted octanol–water partition coefficient (Wildman–Crippen LogP) is 2.67. The first-order valence-corrected chi connectivity index (χ1v) is 8.52. The van der Waals surface area contributed by atoms with Crippen LogP contribution in [0, 0.1) is 10.1 Å². The lowest BCUT2D eigenvalue weighted by Gasteiger charge is -2.40. The van der Waals surface area contributed by atoms with Crippen LogP contribution in [-0.4, -0.2) is 39.1 Å². The van der Waals surface area contributed by atoms with Crippen molar-refractivity contribution < 1.29 is 5.03 Å². The molecule has 1 fully saturated rings. The Bertz CT molecular complexity index is 784. The minimum atomic E-state index is -0.689. The van der Waals surface area contributed by atoms with Crippen LogP contribution >= 0.6 is 11.6 Å². The molecule has 0 spiro atoms. The molecule has 1 N–H and O–H groups in total. The Kier molecular flexibility index (Phi) is 5.65. The lowest BCUT2D eigenvalue weighted by Crippen LogP contribution is -2.57. The molecule has 1 aliphatic heterocycles. The van der Waals surface area contributed by atoms with Crippen molar-refractivity contribution in [3.05, 3.63) is 75.1 Å². The van der Waals surface area contributed by atoms with E-state index in [1.54, 1.807) is 12.3 Å². The van der Waals surface area contributed by atoms with Crippen molar-refractivity contribution in [2.45, 2.75) is 19.5 Å². The number of nitrogens with zero attached hydrogens (tertiary/aromatic N) is 5. The van der Waals surface area contributed by atoms with Crippen LogP contribution in [0.1, 0.15) is 24.1 Å².